The molecule has 15 heavy (non-hydrogen) atoms. The molecule has 5 heteroatoms. The van der Waals surface area contributed by atoms with E-state index < -0.39 is 17.1 Å². The largest absolute Gasteiger partial charge is 0.361 e. The molecular weight excluding hydrogens is 196 g/mol. The van der Waals surface area contributed by atoms with E-state index in [2.05, 4.69) is 6.58 Å². The van der Waals surface area contributed by atoms with E-state index in [1.54, 1.807) is 20.9 Å². The third kappa shape index (κ3) is 2.18. The number of aryl methyl sites for hydroxylation is 1. The second-order valence-corrected chi connectivity index (χ2v) is 3.82. The molecule has 0 atom stereocenters. The molecule has 82 valence electrons. The van der Waals surface area contributed by atoms with Gasteiger partial charge in [0, 0.05) is 13.2 Å². The third-order valence-electron chi connectivity index (χ3n) is 2.13. The van der Waals surface area contributed by atoms with Gasteiger partial charge in [0.15, 0.2) is 0 Å². The molecule has 0 unspecified atom stereocenters. The van der Waals surface area contributed by atoms with Crippen LogP contribution in [0.2, 0.25) is 0 Å². The van der Waals surface area contributed by atoms with E-state index in [0.29, 0.717) is 0 Å². The SMILES string of the molecule is C=CC(C)(C)C(=O)On1ccn(C)c1=O. The fourth-order valence-corrected chi connectivity index (χ4v) is 0.803. The highest BCUT2D eigenvalue weighted by molar-refractivity contribution is 5.78. The van der Waals surface area contributed by atoms with Crippen molar-refractivity contribution in [1.29, 1.82) is 0 Å². The molecular formula is C10H14N2O3. The van der Waals surface area contributed by atoms with Crippen LogP contribution in [0.4, 0.5) is 0 Å². The minimum atomic E-state index is -0.810. The van der Waals surface area contributed by atoms with Crippen LogP contribution in [-0.4, -0.2) is 15.3 Å². The first-order chi connectivity index (χ1) is 6.88. The second-order valence-electron chi connectivity index (χ2n) is 3.82. The maximum absolute atomic E-state index is 11.6. The zero-order valence-corrected chi connectivity index (χ0v) is 9.06. The van der Waals surface area contributed by atoms with Crippen LogP contribution in [0.5, 0.6) is 0 Å². The van der Waals surface area contributed by atoms with Gasteiger partial charge in [-0.2, -0.15) is 0 Å². The van der Waals surface area contributed by atoms with Crippen LogP contribution in [-0.2, 0) is 11.8 Å². The van der Waals surface area contributed by atoms with Gasteiger partial charge in [0.05, 0.1) is 11.6 Å². The highest BCUT2D eigenvalue weighted by Gasteiger charge is 2.27. The van der Waals surface area contributed by atoms with Gasteiger partial charge in [0.25, 0.3) is 0 Å². The average molecular weight is 210 g/mol. The summed E-state index contributed by atoms with van der Waals surface area (Å²) in [5, 5.41) is 0. The van der Waals surface area contributed by atoms with Crippen molar-refractivity contribution in [2.75, 3.05) is 0 Å². The summed E-state index contributed by atoms with van der Waals surface area (Å²) >= 11 is 0. The van der Waals surface area contributed by atoms with Gasteiger partial charge in [-0.15, -0.1) is 11.3 Å². The Labute approximate surface area is 87.5 Å². The van der Waals surface area contributed by atoms with E-state index in [-0.39, 0.29) is 0 Å². The van der Waals surface area contributed by atoms with Crippen LogP contribution in [0.3, 0.4) is 0 Å². The molecule has 0 spiro atoms. The molecule has 0 radical (unpaired) electrons. The van der Waals surface area contributed by atoms with Crippen LogP contribution in [0, 0.1) is 5.41 Å². The molecule has 0 saturated heterocycles. The molecule has 1 aromatic rings. The fraction of sp³-hybridized carbons (Fsp3) is 0.400. The summed E-state index contributed by atoms with van der Waals surface area (Å²) in [6, 6.07) is 0. The highest BCUT2D eigenvalue weighted by atomic mass is 16.7. The lowest BCUT2D eigenvalue weighted by molar-refractivity contribution is -0.152. The Morgan fingerprint density at radius 3 is 2.53 bits per heavy atom. The Bertz CT molecular complexity index is 440. The number of rotatable bonds is 3. The number of hydrogen-bond acceptors (Lipinski definition) is 3. The lowest BCUT2D eigenvalue weighted by Gasteiger charge is -2.16. The fourth-order valence-electron chi connectivity index (χ4n) is 0.803. The van der Waals surface area contributed by atoms with Gasteiger partial charge in [0.2, 0.25) is 0 Å². The molecule has 0 fully saturated rings. The number of carbonyl (C=O) groups excluding carboxylic acids is 1. The standard InChI is InChI=1S/C10H14N2O3/c1-5-10(2,3)8(13)15-12-7-6-11(4)9(12)14/h5-7H,1H2,2-4H3. The lowest BCUT2D eigenvalue weighted by Crippen LogP contribution is -2.37. The summed E-state index contributed by atoms with van der Waals surface area (Å²) in [7, 11) is 1.57. The van der Waals surface area contributed by atoms with Crippen LogP contribution in [0.1, 0.15) is 13.8 Å². The molecule has 0 amide bonds. The molecule has 0 aliphatic heterocycles. The van der Waals surface area contributed by atoms with Gasteiger partial charge >= 0.3 is 11.7 Å². The first-order valence-electron chi connectivity index (χ1n) is 4.49. The van der Waals surface area contributed by atoms with Gasteiger partial charge in [-0.05, 0) is 13.8 Å². The van der Waals surface area contributed by atoms with Crippen molar-refractivity contribution in [3.8, 4) is 0 Å². The Balaban J connectivity index is 2.89. The Morgan fingerprint density at radius 2 is 2.13 bits per heavy atom. The molecule has 1 rings (SSSR count). The molecule has 5 nitrogen and oxygen atoms in total. The van der Waals surface area contributed by atoms with Crippen molar-refractivity contribution in [3.05, 3.63) is 35.5 Å². The summed E-state index contributed by atoms with van der Waals surface area (Å²) < 4.78 is 2.21. The Morgan fingerprint density at radius 1 is 1.53 bits per heavy atom. The quantitative estimate of drug-likeness (QED) is 0.677. The monoisotopic (exact) mass is 210 g/mol. The summed E-state index contributed by atoms with van der Waals surface area (Å²) in [6.45, 7) is 6.86. The van der Waals surface area contributed by atoms with E-state index in [0.717, 1.165) is 4.73 Å². The van der Waals surface area contributed by atoms with E-state index in [1.165, 1.54) is 23.0 Å². The molecule has 1 heterocycles. The summed E-state index contributed by atoms with van der Waals surface area (Å²) in [5.74, 6) is -0.522. The normalized spacial score (nSPS) is 11.1. The third-order valence-corrected chi connectivity index (χ3v) is 2.13. The maximum atomic E-state index is 11.6. The Hall–Kier alpha value is -1.78. The zero-order valence-electron chi connectivity index (χ0n) is 9.06. The maximum Gasteiger partial charge on any atom is 0.361 e. The zero-order chi connectivity index (χ0) is 11.6. The molecule has 0 N–H and O–H groups in total. The number of aromatic nitrogens is 2. The van der Waals surface area contributed by atoms with Crippen LogP contribution >= 0.6 is 0 Å². The van der Waals surface area contributed by atoms with Crippen molar-refractivity contribution < 1.29 is 9.63 Å². The predicted octanol–water partition coefficient (Wildman–Crippen LogP) is 0.354. The number of nitrogens with zero attached hydrogens (tertiary/aromatic N) is 2. The van der Waals surface area contributed by atoms with Crippen molar-refractivity contribution in [1.82, 2.24) is 9.30 Å². The summed E-state index contributed by atoms with van der Waals surface area (Å²) in [5.41, 5.74) is -1.21. The minimum Gasteiger partial charge on any atom is -0.331 e. The molecule has 0 saturated carbocycles. The summed E-state index contributed by atoms with van der Waals surface area (Å²) in [6.07, 6.45) is 4.37. The topological polar surface area (TPSA) is 53.2 Å². The first kappa shape index (κ1) is 11.3. The number of carbonyl (C=O) groups is 1. The van der Waals surface area contributed by atoms with Crippen LogP contribution in [0.15, 0.2) is 29.8 Å². The molecule has 0 bridgehead atoms. The molecule has 0 aliphatic rings. The van der Waals surface area contributed by atoms with E-state index >= 15 is 0 Å². The minimum absolute atomic E-state index is 0.400. The van der Waals surface area contributed by atoms with Crippen molar-refractivity contribution >= 4 is 5.97 Å². The molecule has 1 aromatic heterocycles. The first-order valence-corrected chi connectivity index (χ1v) is 4.49. The van der Waals surface area contributed by atoms with E-state index in [1.807, 2.05) is 0 Å². The second kappa shape index (κ2) is 3.76. The average Bonchev–Trinajstić information content (AvgIpc) is 2.49. The van der Waals surface area contributed by atoms with Gasteiger partial charge in [0.1, 0.15) is 0 Å². The van der Waals surface area contributed by atoms with Crippen molar-refractivity contribution in [3.63, 3.8) is 0 Å². The van der Waals surface area contributed by atoms with Gasteiger partial charge < -0.3 is 4.84 Å². The van der Waals surface area contributed by atoms with Gasteiger partial charge in [-0.1, -0.05) is 6.08 Å². The van der Waals surface area contributed by atoms with Crippen LogP contribution in [0.25, 0.3) is 0 Å². The van der Waals surface area contributed by atoms with Gasteiger partial charge in [-0.25, -0.2) is 9.59 Å². The summed E-state index contributed by atoms with van der Waals surface area (Å²) in [4.78, 5) is 27.8. The van der Waals surface area contributed by atoms with E-state index in [9.17, 15) is 9.59 Å². The lowest BCUT2D eigenvalue weighted by atomic mass is 9.95. The van der Waals surface area contributed by atoms with Gasteiger partial charge in [-0.3, -0.25) is 4.57 Å². The van der Waals surface area contributed by atoms with E-state index in [4.69, 9.17) is 4.84 Å². The Kier molecular flexibility index (Phi) is 2.83. The molecule has 0 aromatic carbocycles. The number of hydrogen-bond donors (Lipinski definition) is 0. The van der Waals surface area contributed by atoms with Crippen LogP contribution < -0.4 is 10.5 Å². The highest BCUT2D eigenvalue weighted by Crippen LogP contribution is 2.16. The molecule has 0 aliphatic carbocycles. The number of imidazole rings is 1. The van der Waals surface area contributed by atoms with Crippen molar-refractivity contribution in [2.24, 2.45) is 12.5 Å². The predicted molar refractivity (Wildman–Crippen MR) is 55.2 cm³/mol. The van der Waals surface area contributed by atoms with Crippen molar-refractivity contribution in [2.45, 2.75) is 13.8 Å². The smallest absolute Gasteiger partial charge is 0.331 e.